The molecule has 0 saturated heterocycles. The number of thioether (sulfide) groups is 1. The molecule has 5 N–H and O–H groups in total. The lowest BCUT2D eigenvalue weighted by atomic mass is 9.58. The van der Waals surface area contributed by atoms with E-state index < -0.39 is 23.6 Å². The van der Waals surface area contributed by atoms with Gasteiger partial charge in [-0.1, -0.05) is 34.6 Å². The summed E-state index contributed by atoms with van der Waals surface area (Å²) >= 11 is 1.29. The Balaban J connectivity index is 0.00000391. The highest BCUT2D eigenvalue weighted by molar-refractivity contribution is 7.98. The van der Waals surface area contributed by atoms with E-state index in [9.17, 15) is 24.0 Å². The molecule has 0 radical (unpaired) electrons. The van der Waals surface area contributed by atoms with Crippen LogP contribution in [-0.2, 0) is 19.2 Å². The molecule has 0 bridgehead atoms. The molecular weight excluding hydrogens is 534 g/mol. The van der Waals surface area contributed by atoms with Crippen molar-refractivity contribution >= 4 is 41.3 Å². The molecule has 0 unspecified atom stereocenters. The van der Waals surface area contributed by atoms with Gasteiger partial charge in [0.15, 0.2) is 0 Å². The molecule has 1 aromatic heterocycles. The molecule has 1 aliphatic carbocycles. The summed E-state index contributed by atoms with van der Waals surface area (Å²) < 4.78 is 0. The molecule has 2 rings (SSSR count). The summed E-state index contributed by atoms with van der Waals surface area (Å²) in [5.74, 6) is -2.33. The maximum absolute atomic E-state index is 12.2. The fourth-order valence-electron chi connectivity index (χ4n) is 4.51. The fourth-order valence-corrected chi connectivity index (χ4v) is 4.99. The smallest absolute Gasteiger partial charge is 0.252 e. The maximum atomic E-state index is 12.2. The molecule has 0 aliphatic heterocycles. The summed E-state index contributed by atoms with van der Waals surface area (Å²) in [4.78, 5) is 64.3. The van der Waals surface area contributed by atoms with Crippen LogP contribution in [0, 0.1) is 16.7 Å². The summed E-state index contributed by atoms with van der Waals surface area (Å²) in [6.45, 7) is 9.46. The first kappa shape index (κ1) is 34.4. The number of aromatic nitrogens is 1. The van der Waals surface area contributed by atoms with E-state index in [1.54, 1.807) is 6.26 Å². The lowest BCUT2D eigenvalue weighted by Gasteiger charge is -2.53. The van der Waals surface area contributed by atoms with E-state index in [1.165, 1.54) is 24.0 Å². The van der Waals surface area contributed by atoms with Crippen LogP contribution in [0.25, 0.3) is 0 Å². The molecule has 1 fully saturated rings. The minimum absolute atomic E-state index is 0.0136. The van der Waals surface area contributed by atoms with Crippen LogP contribution in [0.5, 0.6) is 0 Å². The second-order valence-electron chi connectivity index (χ2n) is 9.93. The zero-order chi connectivity index (χ0) is 30.3. The van der Waals surface area contributed by atoms with Crippen molar-refractivity contribution in [1.82, 2.24) is 31.6 Å². The van der Waals surface area contributed by atoms with Gasteiger partial charge in [-0.05, 0) is 37.0 Å². The van der Waals surface area contributed by atoms with Crippen molar-refractivity contribution < 1.29 is 24.0 Å². The van der Waals surface area contributed by atoms with Gasteiger partial charge in [-0.2, -0.15) is 5.26 Å². The average Bonchev–Trinajstić information content (AvgIpc) is 2.93. The van der Waals surface area contributed by atoms with Crippen molar-refractivity contribution in [3.63, 3.8) is 0 Å². The third kappa shape index (κ3) is 11.2. The Morgan fingerprint density at radius 2 is 1.50 bits per heavy atom. The molecular formula is C27H41N7O5S. The molecule has 220 valence electrons. The zero-order valence-corrected chi connectivity index (χ0v) is 25.0. The van der Waals surface area contributed by atoms with E-state index in [0.717, 1.165) is 19.3 Å². The molecule has 13 heteroatoms. The van der Waals surface area contributed by atoms with Crippen LogP contribution in [-0.4, -0.2) is 72.5 Å². The van der Waals surface area contributed by atoms with E-state index in [4.69, 9.17) is 5.26 Å². The Morgan fingerprint density at radius 3 is 2.00 bits per heavy atom. The number of hydrogen-bond donors (Lipinski definition) is 5. The number of rotatable bonds is 13. The average molecular weight is 576 g/mol. The lowest BCUT2D eigenvalue weighted by Crippen LogP contribution is -2.61. The first-order valence-electron chi connectivity index (χ1n) is 13.3. The number of amides is 5. The monoisotopic (exact) mass is 575 g/mol. The van der Waals surface area contributed by atoms with E-state index in [2.05, 4.69) is 45.4 Å². The number of hydrogen-bond acceptors (Lipinski definition) is 8. The molecule has 1 aliphatic rings. The Kier molecular flexibility index (Phi) is 14.1. The molecule has 5 amide bonds. The maximum Gasteiger partial charge on any atom is 0.252 e. The van der Waals surface area contributed by atoms with Crippen molar-refractivity contribution in [3.8, 4) is 6.07 Å². The summed E-state index contributed by atoms with van der Waals surface area (Å²) in [7, 11) is 0. The molecule has 0 spiro atoms. The van der Waals surface area contributed by atoms with Crippen LogP contribution >= 0.6 is 11.8 Å². The van der Waals surface area contributed by atoms with E-state index in [0.29, 0.717) is 5.03 Å². The second kappa shape index (κ2) is 16.4. The molecule has 0 atom stereocenters. The molecule has 0 aromatic carbocycles. The number of nitrogens with zero attached hydrogens (tertiary/aromatic N) is 2. The first-order valence-corrected chi connectivity index (χ1v) is 14.5. The topological polar surface area (TPSA) is 182 Å². The largest absolute Gasteiger partial charge is 0.351 e. The minimum atomic E-state index is -0.576. The van der Waals surface area contributed by atoms with E-state index in [-0.39, 0.29) is 60.6 Å². The van der Waals surface area contributed by atoms with Crippen molar-refractivity contribution in [2.75, 3.05) is 32.4 Å². The predicted octanol–water partition coefficient (Wildman–Crippen LogP) is 1.25. The van der Waals surface area contributed by atoms with Crippen LogP contribution in [0.2, 0.25) is 0 Å². The van der Waals surface area contributed by atoms with Crippen LogP contribution in [0.1, 0.15) is 76.2 Å². The summed E-state index contributed by atoms with van der Waals surface area (Å²) in [6.07, 6.45) is 5.64. The van der Waals surface area contributed by atoms with Gasteiger partial charge in [-0.25, -0.2) is 4.98 Å². The lowest BCUT2D eigenvalue weighted by molar-refractivity contribution is -0.130. The Morgan fingerprint density at radius 1 is 0.950 bits per heavy atom. The number of nitriles is 1. The highest BCUT2D eigenvalue weighted by Gasteiger charge is 2.48. The minimum Gasteiger partial charge on any atom is -0.351 e. The molecule has 12 nitrogen and oxygen atoms in total. The second-order valence-corrected chi connectivity index (χ2v) is 10.7. The molecule has 40 heavy (non-hydrogen) atoms. The SMILES string of the molecule is CC.CCC1(NC(=O)CNC(=O)CNC(=O)CNC(=O)CCNC(=O)c2cnc(SC)c(C#N)c2)CC(C)(C)C1. The van der Waals surface area contributed by atoms with Gasteiger partial charge in [0.2, 0.25) is 23.6 Å². The Hall–Kier alpha value is -3.66. The number of nitrogens with one attached hydrogen (secondary N) is 5. The van der Waals surface area contributed by atoms with Crippen molar-refractivity contribution in [2.45, 2.75) is 70.9 Å². The van der Waals surface area contributed by atoms with Gasteiger partial charge in [-0.3, -0.25) is 24.0 Å². The highest BCUT2D eigenvalue weighted by Crippen LogP contribution is 2.49. The third-order valence-corrected chi connectivity index (χ3v) is 6.83. The van der Waals surface area contributed by atoms with Gasteiger partial charge in [-0.15, -0.1) is 11.8 Å². The molecule has 1 aromatic rings. The summed E-state index contributed by atoms with van der Waals surface area (Å²) in [5, 5.41) is 22.4. The first-order chi connectivity index (χ1) is 18.9. The van der Waals surface area contributed by atoms with Gasteiger partial charge >= 0.3 is 0 Å². The van der Waals surface area contributed by atoms with Crippen LogP contribution in [0.15, 0.2) is 17.3 Å². The van der Waals surface area contributed by atoms with Gasteiger partial charge in [0.05, 0.1) is 30.8 Å². The fraction of sp³-hybridized carbons (Fsp3) is 0.593. The summed E-state index contributed by atoms with van der Waals surface area (Å²) in [6, 6.07) is 3.41. The normalized spacial score (nSPS) is 14.1. The van der Waals surface area contributed by atoms with Crippen molar-refractivity contribution in [3.05, 3.63) is 23.4 Å². The van der Waals surface area contributed by atoms with Gasteiger partial charge in [0.25, 0.3) is 5.91 Å². The van der Waals surface area contributed by atoms with Crippen molar-refractivity contribution in [1.29, 1.82) is 5.26 Å². The van der Waals surface area contributed by atoms with Gasteiger partial charge in [0, 0.05) is 24.7 Å². The quantitative estimate of drug-likeness (QED) is 0.218. The van der Waals surface area contributed by atoms with Crippen molar-refractivity contribution in [2.24, 2.45) is 5.41 Å². The van der Waals surface area contributed by atoms with Crippen LogP contribution in [0.4, 0.5) is 0 Å². The molecule has 1 heterocycles. The standard InChI is InChI=1S/C25H35N7O5S.C2H6/c1-5-25(14-24(2,3)15-25)32-21(36)13-30-20(35)12-29-19(34)11-28-18(33)6-7-27-22(37)17-8-16(9-26)23(38-4)31-10-17;1-2/h8,10H,5-7,11-15H2,1-4H3,(H,27,37)(H,28,33)(H,29,34)(H,30,35)(H,32,36);1-2H3. The number of pyridine rings is 1. The number of carbonyl (C=O) groups is 5. The number of carbonyl (C=O) groups excluding carboxylic acids is 5. The van der Waals surface area contributed by atoms with E-state index >= 15 is 0 Å². The van der Waals surface area contributed by atoms with Gasteiger partial charge < -0.3 is 26.6 Å². The van der Waals surface area contributed by atoms with Crippen LogP contribution < -0.4 is 26.6 Å². The Labute approximate surface area is 240 Å². The van der Waals surface area contributed by atoms with E-state index in [1.807, 2.05) is 26.8 Å². The zero-order valence-electron chi connectivity index (χ0n) is 24.2. The van der Waals surface area contributed by atoms with Crippen LogP contribution in [0.3, 0.4) is 0 Å². The highest BCUT2D eigenvalue weighted by atomic mass is 32.2. The summed E-state index contributed by atoms with van der Waals surface area (Å²) in [5.41, 5.74) is 0.458. The molecule has 1 saturated carbocycles. The third-order valence-electron chi connectivity index (χ3n) is 6.12. The Bertz CT molecular complexity index is 1110. The van der Waals surface area contributed by atoms with Gasteiger partial charge in [0.1, 0.15) is 11.1 Å². The predicted molar refractivity (Wildman–Crippen MR) is 152 cm³/mol.